The van der Waals surface area contributed by atoms with Gasteiger partial charge in [-0.1, -0.05) is 18.2 Å². The zero-order valence-electron chi connectivity index (χ0n) is 18.6. The lowest BCUT2D eigenvalue weighted by Crippen LogP contribution is -2.19. The van der Waals surface area contributed by atoms with Crippen molar-refractivity contribution in [3.8, 4) is 0 Å². The number of hydrogen-bond acceptors (Lipinski definition) is 5. The van der Waals surface area contributed by atoms with Gasteiger partial charge in [0.2, 0.25) is 5.95 Å². The predicted octanol–water partition coefficient (Wildman–Crippen LogP) is 4.66. The van der Waals surface area contributed by atoms with Crippen LogP contribution in [0, 0.1) is 5.82 Å². The van der Waals surface area contributed by atoms with Gasteiger partial charge in [-0.25, -0.2) is 13.2 Å². The fourth-order valence-electron chi connectivity index (χ4n) is 4.61. The minimum Gasteiger partial charge on any atom is -0.381 e. The summed E-state index contributed by atoms with van der Waals surface area (Å²) in [7, 11) is 0. The molecule has 3 aromatic rings. The molecule has 5 rings (SSSR count). The van der Waals surface area contributed by atoms with Crippen molar-refractivity contribution in [2.24, 2.45) is 4.99 Å². The summed E-state index contributed by atoms with van der Waals surface area (Å²) < 4.78 is 50.2. The third-order valence-electron chi connectivity index (χ3n) is 6.43. The van der Waals surface area contributed by atoms with E-state index < -0.39 is 23.3 Å². The van der Waals surface area contributed by atoms with Gasteiger partial charge in [-0.2, -0.15) is 4.98 Å². The summed E-state index contributed by atoms with van der Waals surface area (Å²) in [5, 5.41) is 4.06. The van der Waals surface area contributed by atoms with Crippen molar-refractivity contribution >= 4 is 16.9 Å². The molecule has 174 valence electrons. The number of pyridine rings is 1. The summed E-state index contributed by atoms with van der Waals surface area (Å²) in [5.41, 5.74) is 1.78. The number of anilines is 1. The molecule has 1 fully saturated rings. The van der Waals surface area contributed by atoms with Gasteiger partial charge < -0.3 is 14.6 Å². The van der Waals surface area contributed by atoms with E-state index in [4.69, 9.17) is 19.7 Å². The molecule has 0 saturated carbocycles. The molecule has 1 saturated heterocycles. The molecule has 0 radical (unpaired) electrons. The van der Waals surface area contributed by atoms with E-state index >= 15 is 0 Å². The van der Waals surface area contributed by atoms with Crippen molar-refractivity contribution in [1.29, 1.82) is 0 Å². The highest BCUT2D eigenvalue weighted by Crippen LogP contribution is 2.33. The maximum Gasteiger partial charge on any atom is 0.273 e. The average molecular weight is 458 g/mol. The summed E-state index contributed by atoms with van der Waals surface area (Å²) in [4.78, 5) is 14.1. The van der Waals surface area contributed by atoms with Gasteiger partial charge in [-0.05, 0) is 25.8 Å². The number of nitrogens with one attached hydrogen (secondary N) is 1. The van der Waals surface area contributed by atoms with Gasteiger partial charge in [0.05, 0.1) is 23.3 Å². The second-order valence-corrected chi connectivity index (χ2v) is 8.75. The van der Waals surface area contributed by atoms with Crippen LogP contribution in [-0.2, 0) is 17.2 Å². The van der Waals surface area contributed by atoms with Gasteiger partial charge >= 0.3 is 0 Å². The first-order chi connectivity index (χ1) is 15.8. The van der Waals surface area contributed by atoms with Crippen molar-refractivity contribution < 1.29 is 17.9 Å². The topological polar surface area (TPSA) is 64.3 Å². The molecule has 6 nitrogen and oxygen atoms in total. The Bertz CT molecular complexity index is 1260. The first-order valence-corrected chi connectivity index (χ1v) is 11.3. The van der Waals surface area contributed by atoms with E-state index in [2.05, 4.69) is 9.88 Å². The number of fused-ring (bicyclic) bond motifs is 3. The molecule has 0 bridgehead atoms. The van der Waals surface area contributed by atoms with Gasteiger partial charge in [-0.15, -0.1) is 0 Å². The molecule has 2 aliphatic heterocycles. The summed E-state index contributed by atoms with van der Waals surface area (Å²) in [5.74, 6) is -3.23. The van der Waals surface area contributed by atoms with Crippen LogP contribution in [0.5, 0.6) is 0 Å². The van der Waals surface area contributed by atoms with Gasteiger partial charge in [0, 0.05) is 55.8 Å². The number of rotatable bonds is 4. The fourth-order valence-corrected chi connectivity index (χ4v) is 4.61. The maximum absolute atomic E-state index is 15.0. The minimum atomic E-state index is -3.27. The number of halogens is 3. The van der Waals surface area contributed by atoms with E-state index in [0.717, 1.165) is 48.6 Å². The zero-order valence-corrected chi connectivity index (χ0v) is 18.6. The Hall–Kier alpha value is -2.94. The average Bonchev–Trinajstić information content (AvgIpc) is 3.27. The van der Waals surface area contributed by atoms with Crippen LogP contribution in [-0.4, -0.2) is 34.3 Å². The Kier molecular flexibility index (Phi) is 5.60. The quantitative estimate of drug-likeness (QED) is 0.619. The molecule has 1 unspecified atom stereocenters. The zero-order chi connectivity index (χ0) is 23.2. The maximum atomic E-state index is 15.0. The number of alkyl halides is 2. The standard InChI is InChI=1S/C24H26F3N5O/c1-14(16-4-3-5-18(21(16)25)24(2,26)27)30-22-17-12-19(15-6-10-33-11-7-15)29-13-20(17)32-9-8-28-23(32)31-22/h3-5,12-15H,6-11H2,1-2H3,(H,28,30,31). The molecule has 4 heterocycles. The fraction of sp³-hybridized carbons (Fsp3) is 0.458. The van der Waals surface area contributed by atoms with E-state index in [9.17, 15) is 13.2 Å². The van der Waals surface area contributed by atoms with Crippen molar-refractivity contribution in [2.45, 2.75) is 51.1 Å². The highest BCUT2D eigenvalue weighted by Gasteiger charge is 2.30. The van der Waals surface area contributed by atoms with Crippen LogP contribution in [0.3, 0.4) is 0 Å². The third-order valence-corrected chi connectivity index (χ3v) is 6.43. The lowest BCUT2D eigenvalue weighted by atomic mass is 9.95. The summed E-state index contributed by atoms with van der Waals surface area (Å²) >= 11 is 0. The number of aromatic nitrogens is 3. The molecule has 1 atom stereocenters. The van der Waals surface area contributed by atoms with Crippen LogP contribution in [0.1, 0.15) is 55.5 Å². The van der Waals surface area contributed by atoms with Crippen molar-refractivity contribution in [1.82, 2.24) is 14.5 Å². The Balaban J connectivity index is 1.65. The van der Waals surface area contributed by atoms with E-state index in [1.165, 1.54) is 12.1 Å². The summed E-state index contributed by atoms with van der Waals surface area (Å²) in [6.07, 6.45) is 3.65. The molecule has 9 heteroatoms. The summed E-state index contributed by atoms with van der Waals surface area (Å²) in [6.45, 7) is 5.30. The Morgan fingerprint density at radius 3 is 2.82 bits per heavy atom. The Morgan fingerprint density at radius 2 is 2.06 bits per heavy atom. The predicted molar refractivity (Wildman–Crippen MR) is 119 cm³/mol. The molecule has 1 aromatic carbocycles. The monoisotopic (exact) mass is 457 g/mol. The van der Waals surface area contributed by atoms with Crippen molar-refractivity contribution in [3.63, 3.8) is 0 Å². The first-order valence-electron chi connectivity index (χ1n) is 11.3. The van der Waals surface area contributed by atoms with Gasteiger partial charge in [0.1, 0.15) is 5.82 Å². The Labute approximate surface area is 189 Å². The molecule has 0 spiro atoms. The highest BCUT2D eigenvalue weighted by molar-refractivity contribution is 5.79. The first kappa shape index (κ1) is 21.9. The highest BCUT2D eigenvalue weighted by atomic mass is 19.3. The van der Waals surface area contributed by atoms with E-state index in [-0.39, 0.29) is 5.56 Å². The minimum absolute atomic E-state index is 0.115. The van der Waals surface area contributed by atoms with Crippen LogP contribution in [0.25, 0.3) is 10.9 Å². The number of benzene rings is 1. The molecule has 0 amide bonds. The van der Waals surface area contributed by atoms with Crippen molar-refractivity contribution in [3.05, 3.63) is 58.6 Å². The van der Waals surface area contributed by atoms with Gasteiger partial charge in [0.15, 0.2) is 5.49 Å². The van der Waals surface area contributed by atoms with E-state index in [1.54, 1.807) is 6.92 Å². The largest absolute Gasteiger partial charge is 0.381 e. The van der Waals surface area contributed by atoms with Crippen LogP contribution in [0.4, 0.5) is 19.1 Å². The molecule has 2 aromatic heterocycles. The van der Waals surface area contributed by atoms with Gasteiger partial charge in [0.25, 0.3) is 5.92 Å². The van der Waals surface area contributed by atoms with Crippen LogP contribution in [0.15, 0.2) is 35.5 Å². The van der Waals surface area contributed by atoms with Gasteiger partial charge in [-0.3, -0.25) is 9.98 Å². The molecule has 33 heavy (non-hydrogen) atoms. The molecule has 0 aliphatic carbocycles. The smallest absolute Gasteiger partial charge is 0.273 e. The molecule has 2 aliphatic rings. The van der Waals surface area contributed by atoms with Crippen molar-refractivity contribution in [2.75, 3.05) is 25.1 Å². The summed E-state index contributed by atoms with van der Waals surface area (Å²) in [6, 6.07) is 5.36. The van der Waals surface area contributed by atoms with E-state index in [1.807, 2.05) is 12.3 Å². The molecular formula is C24H26F3N5O. The lowest BCUT2D eigenvalue weighted by Gasteiger charge is -2.22. The third kappa shape index (κ3) is 4.10. The Morgan fingerprint density at radius 1 is 1.27 bits per heavy atom. The van der Waals surface area contributed by atoms with Crippen LogP contribution < -0.4 is 10.8 Å². The second-order valence-electron chi connectivity index (χ2n) is 8.75. The molecular weight excluding hydrogens is 431 g/mol. The number of hydrogen-bond donors (Lipinski definition) is 1. The van der Waals surface area contributed by atoms with E-state index in [0.29, 0.717) is 37.5 Å². The normalized spacial score (nSPS) is 18.4. The molecule has 1 N–H and O–H groups in total. The SMILES string of the molecule is CC(N=c1nc2n(c3cnc(C4CCOCC4)cc13)CCN2)c1cccc(C(C)(F)F)c1F. The second kappa shape index (κ2) is 8.44. The number of nitrogens with zero attached hydrogens (tertiary/aromatic N) is 4. The lowest BCUT2D eigenvalue weighted by molar-refractivity contribution is 0.0135. The van der Waals surface area contributed by atoms with Crippen LogP contribution in [0.2, 0.25) is 0 Å². The van der Waals surface area contributed by atoms with Crippen LogP contribution >= 0.6 is 0 Å². The number of ether oxygens (including phenoxy) is 1.